The molecule has 2 aromatic heterocycles. The smallest absolute Gasteiger partial charge is 0.164 e. The number of fused-ring (bicyclic) bond motifs is 1. The number of para-hydroxylation sites is 1. The molecule has 3 N–H and O–H groups in total. The molecule has 8 nitrogen and oxygen atoms in total. The molecule has 2 unspecified atom stereocenters. The maximum atomic E-state index is 10.2. The van der Waals surface area contributed by atoms with E-state index in [9.17, 15) is 5.11 Å². The number of nitrogen functional groups attached to an aromatic ring is 1. The van der Waals surface area contributed by atoms with Crippen molar-refractivity contribution in [1.82, 2.24) is 24.6 Å². The van der Waals surface area contributed by atoms with Gasteiger partial charge in [0.15, 0.2) is 5.65 Å². The van der Waals surface area contributed by atoms with Gasteiger partial charge >= 0.3 is 0 Å². The van der Waals surface area contributed by atoms with E-state index >= 15 is 0 Å². The molecule has 6 rings (SSSR count). The average molecular weight is 481 g/mol. The van der Waals surface area contributed by atoms with Crippen LogP contribution in [-0.4, -0.2) is 49.1 Å². The molecule has 0 spiro atoms. The molecular weight excluding hydrogens is 452 g/mol. The molecule has 3 heterocycles. The number of rotatable bonds is 6. The number of hydrogen-bond acceptors (Lipinski definition) is 7. The van der Waals surface area contributed by atoms with Crippen molar-refractivity contribution in [1.29, 1.82) is 0 Å². The Kier molecular flexibility index (Phi) is 5.75. The number of benzene rings is 2. The lowest BCUT2D eigenvalue weighted by Gasteiger charge is -2.32. The van der Waals surface area contributed by atoms with E-state index in [0.717, 1.165) is 66.1 Å². The molecule has 1 aliphatic heterocycles. The summed E-state index contributed by atoms with van der Waals surface area (Å²) < 4.78 is 7.98. The summed E-state index contributed by atoms with van der Waals surface area (Å²) >= 11 is 0. The lowest BCUT2D eigenvalue weighted by Crippen LogP contribution is -2.38. The van der Waals surface area contributed by atoms with Gasteiger partial charge in [0.25, 0.3) is 0 Å². The molecule has 36 heavy (non-hydrogen) atoms. The highest BCUT2D eigenvalue weighted by Crippen LogP contribution is 2.43. The van der Waals surface area contributed by atoms with Crippen molar-refractivity contribution < 1.29 is 9.84 Å². The fraction of sp³-hybridized carbons (Fsp3) is 0.250. The van der Waals surface area contributed by atoms with Crippen LogP contribution in [0.3, 0.4) is 0 Å². The summed E-state index contributed by atoms with van der Waals surface area (Å²) in [7, 11) is 0. The summed E-state index contributed by atoms with van der Waals surface area (Å²) in [5, 5.41) is 16.0. The van der Waals surface area contributed by atoms with Gasteiger partial charge in [-0.3, -0.25) is 4.90 Å². The first-order chi connectivity index (χ1) is 17.6. The molecule has 4 aromatic rings. The third kappa shape index (κ3) is 3.94. The standard InChI is InChI=1S/C28H28N6O2/c1-2-24(35)33-15-14-22-19(16-33)10-13-23(22)34-28-25(27(29)30-17-31-28)26(32-34)18-8-11-21(12-9-18)36-20-6-4-3-5-7-20/h2-9,11-12,17,23-24,35H,1,10,13-16H2,(H2,29,30,31). The van der Waals surface area contributed by atoms with Crippen LogP contribution >= 0.6 is 0 Å². The van der Waals surface area contributed by atoms with E-state index in [2.05, 4.69) is 21.4 Å². The zero-order chi connectivity index (χ0) is 24.6. The Balaban J connectivity index is 1.35. The SMILES string of the molecule is C=CC(O)N1CCC2=C(CCC2n2nc(-c3ccc(Oc4ccccc4)cc3)c3c(N)ncnc32)C1. The predicted octanol–water partition coefficient (Wildman–Crippen LogP) is 4.71. The van der Waals surface area contributed by atoms with Gasteiger partial charge in [0.05, 0.1) is 11.4 Å². The fourth-order valence-electron chi connectivity index (χ4n) is 5.36. The molecule has 0 amide bonds. The zero-order valence-electron chi connectivity index (χ0n) is 19.9. The van der Waals surface area contributed by atoms with Gasteiger partial charge in [-0.25, -0.2) is 14.6 Å². The van der Waals surface area contributed by atoms with E-state index in [1.54, 1.807) is 6.08 Å². The van der Waals surface area contributed by atoms with E-state index in [0.29, 0.717) is 5.82 Å². The highest BCUT2D eigenvalue weighted by atomic mass is 16.5. The highest BCUT2D eigenvalue weighted by Gasteiger charge is 2.34. The van der Waals surface area contributed by atoms with Gasteiger partial charge in [0.1, 0.15) is 35.6 Å². The van der Waals surface area contributed by atoms with Gasteiger partial charge in [-0.15, -0.1) is 0 Å². The lowest BCUT2D eigenvalue weighted by molar-refractivity contribution is 0.0456. The fourth-order valence-corrected chi connectivity index (χ4v) is 5.36. The van der Waals surface area contributed by atoms with Crippen molar-refractivity contribution >= 4 is 16.9 Å². The van der Waals surface area contributed by atoms with Gasteiger partial charge in [-0.2, -0.15) is 5.10 Å². The average Bonchev–Trinajstić information content (AvgIpc) is 3.51. The quantitative estimate of drug-likeness (QED) is 0.385. The highest BCUT2D eigenvalue weighted by molar-refractivity contribution is 5.98. The van der Waals surface area contributed by atoms with Crippen LogP contribution in [0.25, 0.3) is 22.3 Å². The Morgan fingerprint density at radius 2 is 1.83 bits per heavy atom. The molecule has 2 aromatic carbocycles. The first-order valence-corrected chi connectivity index (χ1v) is 12.2. The summed E-state index contributed by atoms with van der Waals surface area (Å²) in [6.45, 7) is 5.27. The molecule has 2 aliphatic rings. The zero-order valence-corrected chi connectivity index (χ0v) is 19.9. The van der Waals surface area contributed by atoms with Crippen LogP contribution in [0, 0.1) is 0 Å². The van der Waals surface area contributed by atoms with E-state index in [-0.39, 0.29) is 6.04 Å². The summed E-state index contributed by atoms with van der Waals surface area (Å²) in [5.41, 5.74) is 11.6. The number of aromatic nitrogens is 4. The number of nitrogens with two attached hydrogens (primary N) is 1. The predicted molar refractivity (Wildman–Crippen MR) is 139 cm³/mol. The molecule has 182 valence electrons. The second-order valence-corrected chi connectivity index (χ2v) is 9.24. The van der Waals surface area contributed by atoms with Crippen LogP contribution in [0.5, 0.6) is 11.5 Å². The Morgan fingerprint density at radius 3 is 2.61 bits per heavy atom. The van der Waals surface area contributed by atoms with E-state index in [4.69, 9.17) is 15.6 Å². The van der Waals surface area contributed by atoms with Crippen molar-refractivity contribution in [2.24, 2.45) is 0 Å². The van der Waals surface area contributed by atoms with Crippen molar-refractivity contribution in [3.8, 4) is 22.8 Å². The Bertz CT molecular complexity index is 1440. The molecule has 0 fully saturated rings. The van der Waals surface area contributed by atoms with Crippen molar-refractivity contribution in [2.75, 3.05) is 18.8 Å². The molecule has 0 bridgehead atoms. The third-order valence-corrected chi connectivity index (χ3v) is 7.14. The molecule has 1 aliphatic carbocycles. The first-order valence-electron chi connectivity index (χ1n) is 12.2. The lowest BCUT2D eigenvalue weighted by atomic mass is 10.00. The van der Waals surface area contributed by atoms with Crippen LogP contribution in [-0.2, 0) is 0 Å². The minimum absolute atomic E-state index is 0.120. The van der Waals surface area contributed by atoms with Crippen LogP contribution in [0.15, 0.2) is 84.7 Å². The second kappa shape index (κ2) is 9.22. The van der Waals surface area contributed by atoms with E-state index in [1.807, 2.05) is 59.3 Å². The van der Waals surface area contributed by atoms with Gasteiger partial charge in [-0.1, -0.05) is 30.4 Å². The topological polar surface area (TPSA) is 102 Å². The Hall–Kier alpha value is -4.01. The normalized spacial score (nSPS) is 18.9. The number of aliphatic hydroxyl groups is 1. The number of aliphatic hydroxyl groups excluding tert-OH is 1. The van der Waals surface area contributed by atoms with Gasteiger partial charge in [-0.05, 0) is 67.3 Å². The molecule has 0 radical (unpaired) electrons. The number of ether oxygens (including phenoxy) is 1. The summed E-state index contributed by atoms with van der Waals surface area (Å²) in [4.78, 5) is 10.9. The largest absolute Gasteiger partial charge is 0.457 e. The van der Waals surface area contributed by atoms with Gasteiger partial charge < -0.3 is 15.6 Å². The summed E-state index contributed by atoms with van der Waals surface area (Å²) in [5.74, 6) is 1.95. The van der Waals surface area contributed by atoms with Crippen LogP contribution in [0.4, 0.5) is 5.82 Å². The minimum Gasteiger partial charge on any atom is -0.457 e. The Morgan fingerprint density at radius 1 is 1.06 bits per heavy atom. The number of nitrogens with zero attached hydrogens (tertiary/aromatic N) is 5. The molecule has 2 atom stereocenters. The Labute approximate surface area is 209 Å². The maximum Gasteiger partial charge on any atom is 0.164 e. The third-order valence-electron chi connectivity index (χ3n) is 7.14. The van der Waals surface area contributed by atoms with Crippen LogP contribution in [0.1, 0.15) is 25.3 Å². The van der Waals surface area contributed by atoms with Crippen LogP contribution < -0.4 is 10.5 Å². The molecule has 0 saturated heterocycles. The van der Waals surface area contributed by atoms with Crippen LogP contribution in [0.2, 0.25) is 0 Å². The summed E-state index contributed by atoms with van der Waals surface area (Å²) in [6, 6.07) is 17.7. The number of anilines is 1. The van der Waals surface area contributed by atoms with Crippen molar-refractivity contribution in [3.05, 3.63) is 84.7 Å². The first kappa shape index (κ1) is 22.5. The van der Waals surface area contributed by atoms with Gasteiger partial charge in [0, 0.05) is 18.7 Å². The van der Waals surface area contributed by atoms with Crippen molar-refractivity contribution in [2.45, 2.75) is 31.5 Å². The molecule has 8 heteroatoms. The number of hydrogen-bond donors (Lipinski definition) is 2. The minimum atomic E-state index is -0.614. The summed E-state index contributed by atoms with van der Waals surface area (Å²) in [6.07, 6.45) is 5.28. The second-order valence-electron chi connectivity index (χ2n) is 9.24. The molecule has 0 saturated carbocycles. The van der Waals surface area contributed by atoms with Crippen molar-refractivity contribution in [3.63, 3.8) is 0 Å². The monoisotopic (exact) mass is 480 g/mol. The van der Waals surface area contributed by atoms with Gasteiger partial charge in [0.2, 0.25) is 0 Å². The maximum absolute atomic E-state index is 10.2. The van der Waals surface area contributed by atoms with E-state index in [1.165, 1.54) is 17.5 Å². The van der Waals surface area contributed by atoms with E-state index < -0.39 is 6.23 Å². The molecular formula is C28H28N6O2.